The van der Waals surface area contributed by atoms with E-state index in [0.29, 0.717) is 11.7 Å². The molecule has 7 heteroatoms. The highest BCUT2D eigenvalue weighted by Gasteiger charge is 2.19. The summed E-state index contributed by atoms with van der Waals surface area (Å²) < 4.78 is 10.5. The van der Waals surface area contributed by atoms with Gasteiger partial charge in [0.25, 0.3) is 5.89 Å². The van der Waals surface area contributed by atoms with E-state index >= 15 is 0 Å². The van der Waals surface area contributed by atoms with Crippen molar-refractivity contribution in [3.8, 4) is 22.8 Å². The van der Waals surface area contributed by atoms with Crippen molar-refractivity contribution in [3.63, 3.8) is 0 Å². The van der Waals surface area contributed by atoms with E-state index in [2.05, 4.69) is 47.8 Å². The van der Waals surface area contributed by atoms with Gasteiger partial charge in [0.05, 0.1) is 5.56 Å². The Morgan fingerprint density at radius 1 is 1.00 bits per heavy atom. The fourth-order valence-electron chi connectivity index (χ4n) is 3.37. The topological polar surface area (TPSA) is 61.7 Å². The first-order valence-electron chi connectivity index (χ1n) is 8.11. The summed E-state index contributed by atoms with van der Waals surface area (Å²) in [5, 5.41) is 6.29. The van der Waals surface area contributed by atoms with Crippen LogP contribution in [0.3, 0.4) is 0 Å². The number of aromatic nitrogens is 5. The van der Waals surface area contributed by atoms with Gasteiger partial charge in [0.15, 0.2) is 0 Å². The van der Waals surface area contributed by atoms with Gasteiger partial charge in [-0.05, 0) is 28.1 Å². The Labute approximate surface area is 157 Å². The van der Waals surface area contributed by atoms with Gasteiger partial charge in [0.2, 0.25) is 5.82 Å². The van der Waals surface area contributed by atoms with E-state index in [1.807, 2.05) is 49.3 Å². The number of aryl methyl sites for hydroxylation is 2. The van der Waals surface area contributed by atoms with Gasteiger partial charge in [0.1, 0.15) is 5.65 Å². The first kappa shape index (κ1) is 15.3. The Balaban J connectivity index is 1.68. The van der Waals surface area contributed by atoms with Crippen LogP contribution in [-0.4, -0.2) is 24.3 Å². The van der Waals surface area contributed by atoms with Crippen LogP contribution in [0.2, 0.25) is 0 Å². The van der Waals surface area contributed by atoms with E-state index in [4.69, 9.17) is 4.52 Å². The van der Waals surface area contributed by atoms with Crippen LogP contribution < -0.4 is 0 Å². The smallest absolute Gasteiger partial charge is 0.260 e. The van der Waals surface area contributed by atoms with Crippen LogP contribution in [0.25, 0.3) is 44.8 Å². The Hall–Kier alpha value is -2.93. The van der Waals surface area contributed by atoms with E-state index in [1.54, 1.807) is 6.20 Å². The van der Waals surface area contributed by atoms with Crippen molar-refractivity contribution in [2.45, 2.75) is 0 Å². The van der Waals surface area contributed by atoms with Gasteiger partial charge in [-0.2, -0.15) is 4.98 Å². The molecule has 0 radical (unpaired) electrons. The third-order valence-electron chi connectivity index (χ3n) is 4.57. The molecule has 5 aromatic rings. The Morgan fingerprint density at radius 2 is 1.81 bits per heavy atom. The normalized spacial score (nSPS) is 11.7. The van der Waals surface area contributed by atoms with Gasteiger partial charge >= 0.3 is 0 Å². The van der Waals surface area contributed by atoms with Gasteiger partial charge in [-0.25, -0.2) is 4.98 Å². The molecule has 0 spiro atoms. The molecule has 5 rings (SSSR count). The van der Waals surface area contributed by atoms with Crippen molar-refractivity contribution >= 4 is 37.9 Å². The Kier molecular flexibility index (Phi) is 3.27. The van der Waals surface area contributed by atoms with E-state index < -0.39 is 0 Å². The standard InChI is InChI=1S/C19H14BrN5O/c1-24-9-14(12-5-3-4-6-16(12)24)17-22-19(26-23-17)15-10-25(2)18-13(15)7-11(20)8-21-18/h3-10H,1-2H3. The minimum Gasteiger partial charge on any atom is -0.350 e. The summed E-state index contributed by atoms with van der Waals surface area (Å²) in [6.45, 7) is 0. The number of hydrogen-bond donors (Lipinski definition) is 0. The lowest BCUT2D eigenvalue weighted by Gasteiger charge is -1.95. The molecule has 0 N–H and O–H groups in total. The maximum absolute atomic E-state index is 5.60. The summed E-state index contributed by atoms with van der Waals surface area (Å²) in [5.41, 5.74) is 3.83. The summed E-state index contributed by atoms with van der Waals surface area (Å²) in [6, 6.07) is 10.2. The second-order valence-corrected chi connectivity index (χ2v) is 7.19. The molecule has 0 atom stereocenters. The summed E-state index contributed by atoms with van der Waals surface area (Å²) in [6.07, 6.45) is 5.77. The third kappa shape index (κ3) is 2.20. The summed E-state index contributed by atoms with van der Waals surface area (Å²) in [4.78, 5) is 9.12. The summed E-state index contributed by atoms with van der Waals surface area (Å²) >= 11 is 3.48. The lowest BCUT2D eigenvalue weighted by molar-refractivity contribution is 0.432. The quantitative estimate of drug-likeness (QED) is 0.430. The fraction of sp³-hybridized carbons (Fsp3) is 0.105. The van der Waals surface area contributed by atoms with Crippen molar-refractivity contribution in [1.82, 2.24) is 24.3 Å². The van der Waals surface area contributed by atoms with Crippen LogP contribution in [0, 0.1) is 0 Å². The monoisotopic (exact) mass is 407 g/mol. The molecule has 0 saturated carbocycles. The van der Waals surface area contributed by atoms with E-state index in [9.17, 15) is 0 Å². The maximum atomic E-state index is 5.60. The minimum absolute atomic E-state index is 0.485. The predicted molar refractivity (Wildman–Crippen MR) is 104 cm³/mol. The zero-order valence-electron chi connectivity index (χ0n) is 14.1. The molecule has 0 unspecified atom stereocenters. The van der Waals surface area contributed by atoms with E-state index in [-0.39, 0.29) is 0 Å². The number of hydrogen-bond acceptors (Lipinski definition) is 4. The van der Waals surface area contributed by atoms with Crippen LogP contribution in [0.5, 0.6) is 0 Å². The molecule has 0 aliphatic rings. The third-order valence-corrected chi connectivity index (χ3v) is 5.01. The molecule has 0 aliphatic heterocycles. The number of benzene rings is 1. The van der Waals surface area contributed by atoms with Crippen molar-refractivity contribution in [2.24, 2.45) is 14.1 Å². The molecule has 6 nitrogen and oxygen atoms in total. The van der Waals surface area contributed by atoms with Crippen LogP contribution in [0.1, 0.15) is 0 Å². The molecule has 0 saturated heterocycles. The highest BCUT2D eigenvalue weighted by atomic mass is 79.9. The Morgan fingerprint density at radius 3 is 2.69 bits per heavy atom. The summed E-state index contributed by atoms with van der Waals surface area (Å²) in [5.74, 6) is 1.06. The number of nitrogens with zero attached hydrogens (tertiary/aromatic N) is 5. The molecule has 0 aliphatic carbocycles. The molecule has 0 amide bonds. The van der Waals surface area contributed by atoms with Crippen molar-refractivity contribution in [2.75, 3.05) is 0 Å². The Bertz CT molecular complexity index is 1280. The molecule has 0 bridgehead atoms. The first-order valence-corrected chi connectivity index (χ1v) is 8.90. The summed E-state index contributed by atoms with van der Waals surface area (Å²) in [7, 11) is 3.97. The number of fused-ring (bicyclic) bond motifs is 2. The highest BCUT2D eigenvalue weighted by Crippen LogP contribution is 2.33. The first-order chi connectivity index (χ1) is 12.6. The lowest BCUT2D eigenvalue weighted by atomic mass is 10.1. The molecule has 4 aromatic heterocycles. The minimum atomic E-state index is 0.485. The highest BCUT2D eigenvalue weighted by molar-refractivity contribution is 9.10. The van der Waals surface area contributed by atoms with Gasteiger partial charge in [-0.3, -0.25) is 0 Å². The van der Waals surface area contributed by atoms with Crippen molar-refractivity contribution in [3.05, 3.63) is 53.4 Å². The average Bonchev–Trinajstić information content (AvgIpc) is 3.32. The lowest BCUT2D eigenvalue weighted by Crippen LogP contribution is -1.86. The number of para-hydroxylation sites is 1. The molecular formula is C19H14BrN5O. The maximum Gasteiger partial charge on any atom is 0.260 e. The van der Waals surface area contributed by atoms with Gasteiger partial charge < -0.3 is 13.7 Å². The fourth-order valence-corrected chi connectivity index (χ4v) is 3.70. The van der Waals surface area contributed by atoms with Crippen LogP contribution >= 0.6 is 15.9 Å². The van der Waals surface area contributed by atoms with Gasteiger partial charge in [-0.1, -0.05) is 23.4 Å². The zero-order chi connectivity index (χ0) is 17.8. The molecule has 1 aromatic carbocycles. The molecule has 26 heavy (non-hydrogen) atoms. The number of rotatable bonds is 2. The van der Waals surface area contributed by atoms with Crippen molar-refractivity contribution < 1.29 is 4.52 Å². The molecule has 4 heterocycles. The SMILES string of the molecule is Cn1cc(-c2noc(-c3cn(C)c4ncc(Br)cc34)n2)c2ccccc21. The number of halogens is 1. The van der Waals surface area contributed by atoms with Gasteiger partial charge in [-0.15, -0.1) is 0 Å². The average molecular weight is 408 g/mol. The van der Waals surface area contributed by atoms with Crippen LogP contribution in [0.4, 0.5) is 0 Å². The molecule has 0 fully saturated rings. The van der Waals surface area contributed by atoms with Crippen molar-refractivity contribution in [1.29, 1.82) is 0 Å². The second-order valence-electron chi connectivity index (χ2n) is 6.27. The number of pyridine rings is 1. The van der Waals surface area contributed by atoms with E-state index in [1.165, 1.54) is 0 Å². The van der Waals surface area contributed by atoms with Crippen LogP contribution in [0.15, 0.2) is 57.9 Å². The van der Waals surface area contributed by atoms with E-state index in [0.717, 1.165) is 37.5 Å². The van der Waals surface area contributed by atoms with Crippen LogP contribution in [-0.2, 0) is 14.1 Å². The predicted octanol–water partition coefficient (Wildman–Crippen LogP) is 4.54. The molecular weight excluding hydrogens is 394 g/mol. The molecule has 128 valence electrons. The second kappa shape index (κ2) is 5.54. The zero-order valence-corrected chi connectivity index (χ0v) is 15.7. The largest absolute Gasteiger partial charge is 0.350 e. The van der Waals surface area contributed by atoms with Gasteiger partial charge in [0, 0.05) is 59.0 Å².